The number of nitrogens with zero attached hydrogens (tertiary/aromatic N) is 2. The highest BCUT2D eigenvalue weighted by atomic mass is 19.1. The molecule has 6 heteroatoms. The molecule has 5 nitrogen and oxygen atoms in total. The van der Waals surface area contributed by atoms with Crippen LogP contribution in [-0.2, 0) is 16.1 Å². The quantitative estimate of drug-likeness (QED) is 0.538. The van der Waals surface area contributed by atoms with Gasteiger partial charge in [0.25, 0.3) is 0 Å². The third-order valence-electron chi connectivity index (χ3n) is 5.94. The summed E-state index contributed by atoms with van der Waals surface area (Å²) in [5.41, 5.74) is 3.63. The van der Waals surface area contributed by atoms with Crippen molar-refractivity contribution < 1.29 is 19.0 Å². The van der Waals surface area contributed by atoms with E-state index in [-0.39, 0.29) is 12.4 Å². The molecule has 1 N–H and O–H groups in total. The lowest BCUT2D eigenvalue weighted by Crippen LogP contribution is -2.23. The number of carboxylic acid groups (broad SMARTS) is 1. The van der Waals surface area contributed by atoms with Crippen LogP contribution in [0.3, 0.4) is 0 Å². The molecule has 0 amide bonds. The van der Waals surface area contributed by atoms with Crippen molar-refractivity contribution in [2.75, 3.05) is 13.2 Å². The molecule has 0 atom stereocenters. The van der Waals surface area contributed by atoms with Crippen LogP contribution < -0.4 is 0 Å². The zero-order chi connectivity index (χ0) is 21.6. The summed E-state index contributed by atoms with van der Waals surface area (Å²) in [5.74, 6) is -0.237. The van der Waals surface area contributed by atoms with Gasteiger partial charge in [-0.3, -0.25) is 4.68 Å². The van der Waals surface area contributed by atoms with Crippen molar-refractivity contribution in [2.45, 2.75) is 32.2 Å². The summed E-state index contributed by atoms with van der Waals surface area (Å²) in [5, 5.41) is 13.6. The smallest absolute Gasteiger partial charge is 0.329 e. The van der Waals surface area contributed by atoms with Crippen molar-refractivity contribution in [3.05, 3.63) is 66.6 Å². The number of hydrogen-bond acceptors (Lipinski definition) is 3. The number of benzene rings is 2. The Kier molecular flexibility index (Phi) is 6.77. The van der Waals surface area contributed by atoms with Gasteiger partial charge in [0.2, 0.25) is 0 Å². The van der Waals surface area contributed by atoms with Gasteiger partial charge < -0.3 is 9.84 Å². The van der Waals surface area contributed by atoms with Crippen LogP contribution in [0.25, 0.3) is 22.4 Å². The van der Waals surface area contributed by atoms with Crippen LogP contribution in [0.1, 0.15) is 25.7 Å². The molecule has 162 valence electrons. The lowest BCUT2D eigenvalue weighted by molar-refractivity contribution is -0.142. The fourth-order valence-corrected chi connectivity index (χ4v) is 4.35. The molecule has 2 aromatic carbocycles. The number of aromatic nitrogens is 2. The molecule has 1 aliphatic carbocycles. The Bertz CT molecular complexity index is 1010. The molecule has 1 fully saturated rings. The van der Waals surface area contributed by atoms with Crippen molar-refractivity contribution in [3.63, 3.8) is 0 Å². The Balaban J connectivity index is 1.47. The largest absolute Gasteiger partial charge is 0.480 e. The van der Waals surface area contributed by atoms with Crippen LogP contribution in [0.15, 0.2) is 60.8 Å². The van der Waals surface area contributed by atoms with Gasteiger partial charge in [-0.25, -0.2) is 9.18 Å². The van der Waals surface area contributed by atoms with Crippen molar-refractivity contribution >= 4 is 5.97 Å². The standard InChI is InChI=1S/C25H27FN2O3/c26-22-8-4-7-21(13-22)23-15-28(27-25(23)20-5-2-1-3-6-20)14-18-9-11-19(12-10-18)16-31-17-24(29)30/h1-8,13,15,18-19H,9-12,14,16-17H2,(H,29,30)/t18-,19-. The summed E-state index contributed by atoms with van der Waals surface area (Å²) in [4.78, 5) is 10.6. The molecule has 1 aromatic heterocycles. The Labute approximate surface area is 181 Å². The number of carbonyl (C=O) groups is 1. The minimum atomic E-state index is -0.921. The van der Waals surface area contributed by atoms with E-state index in [1.165, 1.54) is 6.07 Å². The number of aliphatic carboxylic acids is 1. The number of rotatable bonds is 8. The lowest BCUT2D eigenvalue weighted by Gasteiger charge is -2.28. The third kappa shape index (κ3) is 5.58. The van der Waals surface area contributed by atoms with E-state index in [0.717, 1.165) is 54.6 Å². The van der Waals surface area contributed by atoms with Crippen molar-refractivity contribution in [3.8, 4) is 22.4 Å². The molecular formula is C25H27FN2O3. The molecule has 1 saturated carbocycles. The van der Waals surface area contributed by atoms with E-state index in [1.54, 1.807) is 12.1 Å². The van der Waals surface area contributed by atoms with Crippen molar-refractivity contribution in [2.24, 2.45) is 11.8 Å². The molecule has 1 aliphatic rings. The minimum absolute atomic E-state index is 0.224. The maximum Gasteiger partial charge on any atom is 0.329 e. The second-order valence-corrected chi connectivity index (χ2v) is 8.29. The second-order valence-electron chi connectivity index (χ2n) is 8.29. The van der Waals surface area contributed by atoms with Crippen LogP contribution in [-0.4, -0.2) is 34.1 Å². The topological polar surface area (TPSA) is 64.3 Å². The van der Waals surface area contributed by atoms with Crippen molar-refractivity contribution in [1.82, 2.24) is 9.78 Å². The summed E-state index contributed by atoms with van der Waals surface area (Å²) in [6.07, 6.45) is 6.23. The van der Waals surface area contributed by atoms with E-state index in [0.29, 0.717) is 18.4 Å². The van der Waals surface area contributed by atoms with Crippen LogP contribution in [0.2, 0.25) is 0 Å². The molecule has 0 spiro atoms. The highest BCUT2D eigenvalue weighted by Crippen LogP contribution is 2.34. The van der Waals surface area contributed by atoms with Gasteiger partial charge in [0.05, 0.1) is 6.61 Å². The van der Waals surface area contributed by atoms with Gasteiger partial charge in [-0.1, -0.05) is 42.5 Å². The zero-order valence-electron chi connectivity index (χ0n) is 17.4. The van der Waals surface area contributed by atoms with E-state index in [9.17, 15) is 9.18 Å². The van der Waals surface area contributed by atoms with Crippen LogP contribution in [0.5, 0.6) is 0 Å². The molecule has 0 unspecified atom stereocenters. The zero-order valence-corrected chi connectivity index (χ0v) is 17.4. The first-order valence-corrected chi connectivity index (χ1v) is 10.8. The third-order valence-corrected chi connectivity index (χ3v) is 5.94. The van der Waals surface area contributed by atoms with Crippen LogP contribution >= 0.6 is 0 Å². The van der Waals surface area contributed by atoms with Crippen molar-refractivity contribution in [1.29, 1.82) is 0 Å². The molecule has 0 saturated heterocycles. The van der Waals surface area contributed by atoms with E-state index >= 15 is 0 Å². The normalized spacial score (nSPS) is 18.7. The highest BCUT2D eigenvalue weighted by Gasteiger charge is 2.23. The molecule has 0 radical (unpaired) electrons. The molecule has 4 rings (SSSR count). The molecule has 3 aromatic rings. The maximum atomic E-state index is 13.9. The fraction of sp³-hybridized carbons (Fsp3) is 0.360. The Morgan fingerprint density at radius 1 is 1.03 bits per heavy atom. The fourth-order valence-electron chi connectivity index (χ4n) is 4.35. The number of halogens is 1. The summed E-state index contributed by atoms with van der Waals surface area (Å²) in [6, 6.07) is 16.6. The lowest BCUT2D eigenvalue weighted by atomic mass is 9.82. The first kappa shape index (κ1) is 21.2. The maximum absolute atomic E-state index is 13.9. The molecular weight excluding hydrogens is 395 g/mol. The average molecular weight is 423 g/mol. The van der Waals surface area contributed by atoms with Gasteiger partial charge in [0, 0.05) is 23.9 Å². The first-order valence-electron chi connectivity index (χ1n) is 10.8. The van der Waals surface area contributed by atoms with Gasteiger partial charge in [-0.15, -0.1) is 0 Å². The highest BCUT2D eigenvalue weighted by molar-refractivity contribution is 5.80. The van der Waals surface area contributed by atoms with E-state index in [2.05, 4.69) is 0 Å². The van der Waals surface area contributed by atoms with E-state index in [4.69, 9.17) is 14.9 Å². The number of ether oxygens (including phenoxy) is 1. The predicted octanol–water partition coefficient (Wildman–Crippen LogP) is 5.26. The van der Waals surface area contributed by atoms with Gasteiger partial charge in [-0.05, 0) is 55.2 Å². The summed E-state index contributed by atoms with van der Waals surface area (Å²) in [6.45, 7) is 1.11. The van der Waals surface area contributed by atoms with E-state index < -0.39 is 5.97 Å². The van der Waals surface area contributed by atoms with Crippen LogP contribution in [0.4, 0.5) is 4.39 Å². The summed E-state index contributed by atoms with van der Waals surface area (Å²) < 4.78 is 21.1. The Morgan fingerprint density at radius 2 is 1.74 bits per heavy atom. The molecule has 0 bridgehead atoms. The van der Waals surface area contributed by atoms with E-state index in [1.807, 2.05) is 47.3 Å². The van der Waals surface area contributed by atoms with Gasteiger partial charge >= 0.3 is 5.97 Å². The monoisotopic (exact) mass is 422 g/mol. The SMILES string of the molecule is O=C(O)COC[C@H]1CC[C@H](Cn2cc(-c3cccc(F)c3)c(-c3ccccc3)n2)CC1. The number of carboxylic acids is 1. The Hall–Kier alpha value is -2.99. The molecule has 1 heterocycles. The minimum Gasteiger partial charge on any atom is -0.480 e. The van der Waals surface area contributed by atoms with Crippen LogP contribution in [0, 0.1) is 17.7 Å². The Morgan fingerprint density at radius 3 is 2.45 bits per heavy atom. The summed E-state index contributed by atoms with van der Waals surface area (Å²) >= 11 is 0. The first-order chi connectivity index (χ1) is 15.1. The van der Waals surface area contributed by atoms with Gasteiger partial charge in [0.15, 0.2) is 0 Å². The second kappa shape index (κ2) is 9.88. The van der Waals surface area contributed by atoms with Gasteiger partial charge in [0.1, 0.15) is 18.1 Å². The molecule has 0 aliphatic heterocycles. The average Bonchev–Trinajstić information content (AvgIpc) is 3.19. The number of hydrogen-bond donors (Lipinski definition) is 1. The molecule has 31 heavy (non-hydrogen) atoms. The summed E-state index contributed by atoms with van der Waals surface area (Å²) in [7, 11) is 0. The van der Waals surface area contributed by atoms with Gasteiger partial charge in [-0.2, -0.15) is 5.10 Å². The predicted molar refractivity (Wildman–Crippen MR) is 117 cm³/mol.